The lowest BCUT2D eigenvalue weighted by Gasteiger charge is -2.22. The number of aromatic nitrogens is 3. The summed E-state index contributed by atoms with van der Waals surface area (Å²) in [5.74, 6) is 0. The number of rotatable bonds is 8. The second-order valence-electron chi connectivity index (χ2n) is 7.28. The van der Waals surface area contributed by atoms with Gasteiger partial charge in [0.25, 0.3) is 0 Å². The molecule has 1 aromatic carbocycles. The van der Waals surface area contributed by atoms with Gasteiger partial charge in [0.05, 0.1) is 26.7 Å². The van der Waals surface area contributed by atoms with Crippen molar-refractivity contribution in [3.63, 3.8) is 0 Å². The zero-order valence-electron chi connectivity index (χ0n) is 17.5. The maximum atomic E-state index is 12.8. The molecule has 4 rings (SSSR count). The molecule has 0 spiro atoms. The number of hydrogen-bond donors (Lipinski definition) is 2. The van der Waals surface area contributed by atoms with E-state index >= 15 is 0 Å². The number of carbonyl (C=O) groups is 2. The molecule has 14 heteroatoms. The van der Waals surface area contributed by atoms with E-state index in [-0.39, 0.29) is 13.0 Å². The Morgan fingerprint density at radius 1 is 1.20 bits per heavy atom. The largest absolute Gasteiger partial charge is 0.465 e. The predicted octanol–water partition coefficient (Wildman–Crippen LogP) is 5.44. The Bertz CT molecular complexity index is 1330. The second-order valence-corrected chi connectivity index (χ2v) is 10.0. The third-order valence-electron chi connectivity index (χ3n) is 4.84. The number of nitrogens with one attached hydrogen (secondary N) is 1. The Labute approximate surface area is 212 Å². The van der Waals surface area contributed by atoms with Crippen molar-refractivity contribution in [1.29, 1.82) is 0 Å². The summed E-state index contributed by atoms with van der Waals surface area (Å²) in [5, 5.41) is 12.5. The Hall–Kier alpha value is -3.10. The molecule has 1 atom stereocenters. The fraction of sp³-hybridized carbons (Fsp3) is 0.190. The van der Waals surface area contributed by atoms with E-state index in [4.69, 9.17) is 0 Å². The van der Waals surface area contributed by atoms with Crippen LogP contribution >= 0.6 is 38.6 Å². The fourth-order valence-corrected chi connectivity index (χ4v) is 6.06. The van der Waals surface area contributed by atoms with E-state index in [1.807, 2.05) is 0 Å². The van der Waals surface area contributed by atoms with Gasteiger partial charge in [-0.1, -0.05) is 23.5 Å². The minimum atomic E-state index is -4.47. The summed E-state index contributed by atoms with van der Waals surface area (Å²) in [6, 6.07) is 5.42. The van der Waals surface area contributed by atoms with Crippen molar-refractivity contribution in [2.75, 3.05) is 11.4 Å². The molecule has 0 unspecified atom stereocenters. The third kappa shape index (κ3) is 5.94. The quantitative estimate of drug-likeness (QED) is 0.267. The summed E-state index contributed by atoms with van der Waals surface area (Å²) < 4.78 is 39.8. The molecule has 0 aliphatic rings. The number of carbonyl (C=O) groups excluding carboxylic acids is 1. The molecule has 0 bridgehead atoms. The minimum absolute atomic E-state index is 0.0685. The molecular weight excluding hydrogens is 571 g/mol. The predicted molar refractivity (Wildman–Crippen MR) is 130 cm³/mol. The normalized spacial score (nSPS) is 12.5. The van der Waals surface area contributed by atoms with Crippen LogP contribution in [0.3, 0.4) is 0 Å². The molecule has 8 nitrogen and oxygen atoms in total. The molecule has 0 fully saturated rings. The van der Waals surface area contributed by atoms with Crippen molar-refractivity contribution in [2.45, 2.75) is 18.6 Å². The average Bonchev–Trinajstić information content (AvgIpc) is 3.40. The van der Waals surface area contributed by atoms with E-state index < -0.39 is 23.9 Å². The average molecular weight is 586 g/mol. The summed E-state index contributed by atoms with van der Waals surface area (Å²) in [4.78, 5) is 38.2. The SMILES string of the molecule is O=CN(C[C@H](Cc1ccc(C(F)(F)F)cc1)NC(=O)O)c1nc(Br)c(-c2nc3ccncc3s2)s1. The number of fused-ring (bicyclic) bond motifs is 1. The van der Waals surface area contributed by atoms with Crippen molar-refractivity contribution in [1.82, 2.24) is 20.3 Å². The number of thiazole rings is 2. The lowest BCUT2D eigenvalue weighted by Crippen LogP contribution is -2.44. The zero-order valence-corrected chi connectivity index (χ0v) is 20.7. The van der Waals surface area contributed by atoms with Crippen LogP contribution in [0.1, 0.15) is 11.1 Å². The number of amides is 2. The standard InChI is InChI=1S/C21H15BrF3N5O3S2/c22-17-16(18-28-14-5-6-26-8-15(14)34-18)35-19(29-17)30(10-31)9-13(27-20(32)33)7-11-1-3-12(4-2-11)21(23,24)25/h1-6,8,10,13,27H,7,9H2,(H,32,33)/t13-/m0/s1. The van der Waals surface area contributed by atoms with Crippen LogP contribution in [0.4, 0.5) is 23.1 Å². The maximum Gasteiger partial charge on any atom is 0.416 e. The lowest BCUT2D eigenvalue weighted by atomic mass is 10.0. The number of anilines is 1. The first kappa shape index (κ1) is 25.0. The van der Waals surface area contributed by atoms with Crippen LogP contribution in [0.2, 0.25) is 0 Å². The van der Waals surface area contributed by atoms with Crippen molar-refractivity contribution in [3.05, 3.63) is 58.5 Å². The molecule has 182 valence electrons. The fourth-order valence-electron chi connectivity index (χ4n) is 3.28. The molecule has 3 aromatic heterocycles. The van der Waals surface area contributed by atoms with Gasteiger partial charge in [0.2, 0.25) is 6.41 Å². The van der Waals surface area contributed by atoms with Gasteiger partial charge in [-0.3, -0.25) is 14.7 Å². The van der Waals surface area contributed by atoms with Gasteiger partial charge in [0.1, 0.15) is 9.61 Å². The molecule has 0 aliphatic carbocycles. The van der Waals surface area contributed by atoms with Gasteiger partial charge in [-0.15, -0.1) is 11.3 Å². The number of halogens is 4. The summed E-state index contributed by atoms with van der Waals surface area (Å²) >= 11 is 6.01. The first-order valence-corrected chi connectivity index (χ1v) is 12.3. The van der Waals surface area contributed by atoms with E-state index in [2.05, 4.69) is 36.2 Å². The molecule has 2 N–H and O–H groups in total. The molecule has 2 amide bonds. The number of alkyl halides is 3. The number of hydrogen-bond acceptors (Lipinski definition) is 7. The van der Waals surface area contributed by atoms with Crippen molar-refractivity contribution in [2.24, 2.45) is 0 Å². The number of nitrogens with zero attached hydrogens (tertiary/aromatic N) is 4. The molecule has 0 saturated heterocycles. The molecule has 0 radical (unpaired) electrons. The first-order valence-electron chi connectivity index (χ1n) is 9.89. The van der Waals surface area contributed by atoms with Crippen LogP contribution in [-0.4, -0.2) is 45.1 Å². The topological polar surface area (TPSA) is 108 Å². The highest BCUT2D eigenvalue weighted by Gasteiger charge is 2.30. The summed E-state index contributed by atoms with van der Waals surface area (Å²) in [6.07, 6.45) is -1.86. The monoisotopic (exact) mass is 585 g/mol. The molecule has 3 heterocycles. The zero-order chi connectivity index (χ0) is 25.2. The summed E-state index contributed by atoms with van der Waals surface area (Å²) in [5.41, 5.74) is 0.451. The van der Waals surface area contributed by atoms with Crippen molar-refractivity contribution >= 4 is 66.5 Å². The van der Waals surface area contributed by atoms with Gasteiger partial charge in [-0.25, -0.2) is 14.8 Å². The van der Waals surface area contributed by atoms with Crippen LogP contribution < -0.4 is 10.2 Å². The van der Waals surface area contributed by atoms with Gasteiger partial charge in [0.15, 0.2) is 5.13 Å². The Morgan fingerprint density at radius 2 is 1.94 bits per heavy atom. The first-order chi connectivity index (χ1) is 16.6. The van der Waals surface area contributed by atoms with Crippen LogP contribution in [0.15, 0.2) is 47.3 Å². The summed E-state index contributed by atoms with van der Waals surface area (Å²) in [7, 11) is 0. The van der Waals surface area contributed by atoms with E-state index in [0.717, 1.165) is 22.3 Å². The second kappa shape index (κ2) is 10.3. The van der Waals surface area contributed by atoms with Gasteiger partial charge in [-0.05, 0) is 46.1 Å². The summed E-state index contributed by atoms with van der Waals surface area (Å²) in [6.45, 7) is -0.0834. The smallest absolute Gasteiger partial charge is 0.416 e. The highest BCUT2D eigenvalue weighted by atomic mass is 79.9. The molecule has 4 aromatic rings. The number of pyridine rings is 1. The van der Waals surface area contributed by atoms with Crippen LogP contribution in [0.25, 0.3) is 20.1 Å². The van der Waals surface area contributed by atoms with E-state index in [0.29, 0.717) is 31.6 Å². The number of carboxylic acid groups (broad SMARTS) is 1. The van der Waals surface area contributed by atoms with E-state index in [9.17, 15) is 27.9 Å². The van der Waals surface area contributed by atoms with Gasteiger partial charge in [0, 0.05) is 18.9 Å². The molecule has 0 saturated carbocycles. The van der Waals surface area contributed by atoms with Crippen molar-refractivity contribution in [3.8, 4) is 9.88 Å². The number of benzene rings is 1. The Morgan fingerprint density at radius 3 is 2.57 bits per heavy atom. The molecular formula is C21H15BrF3N5O3S2. The van der Waals surface area contributed by atoms with Crippen LogP contribution in [0, 0.1) is 0 Å². The van der Waals surface area contributed by atoms with Crippen molar-refractivity contribution < 1.29 is 27.9 Å². The highest BCUT2D eigenvalue weighted by molar-refractivity contribution is 9.10. The maximum absolute atomic E-state index is 12.8. The Kier molecular flexibility index (Phi) is 7.33. The lowest BCUT2D eigenvalue weighted by molar-refractivity contribution is -0.137. The Balaban J connectivity index is 1.55. The highest BCUT2D eigenvalue weighted by Crippen LogP contribution is 2.41. The minimum Gasteiger partial charge on any atom is -0.465 e. The third-order valence-corrected chi connectivity index (χ3v) is 7.93. The van der Waals surface area contributed by atoms with Crippen LogP contribution in [0.5, 0.6) is 0 Å². The van der Waals surface area contributed by atoms with Gasteiger partial charge >= 0.3 is 12.3 Å². The molecule has 0 aliphatic heterocycles. The van der Waals surface area contributed by atoms with Crippen LogP contribution in [-0.2, 0) is 17.4 Å². The molecule has 35 heavy (non-hydrogen) atoms. The van der Waals surface area contributed by atoms with Gasteiger partial charge < -0.3 is 10.4 Å². The van der Waals surface area contributed by atoms with Gasteiger partial charge in [-0.2, -0.15) is 13.2 Å². The van der Waals surface area contributed by atoms with E-state index in [1.54, 1.807) is 18.5 Å². The van der Waals surface area contributed by atoms with E-state index in [1.165, 1.54) is 39.7 Å².